The lowest BCUT2D eigenvalue weighted by atomic mass is 10.1. The first kappa shape index (κ1) is 15.8. The van der Waals surface area contributed by atoms with Crippen molar-refractivity contribution in [1.29, 1.82) is 0 Å². The number of ether oxygens (including phenoxy) is 1. The van der Waals surface area contributed by atoms with Crippen LogP contribution in [-0.4, -0.2) is 32.4 Å². The van der Waals surface area contributed by atoms with Crippen molar-refractivity contribution in [2.75, 3.05) is 0 Å². The first-order valence-corrected chi connectivity index (χ1v) is 6.83. The third kappa shape index (κ3) is 3.94. The summed E-state index contributed by atoms with van der Waals surface area (Å²) in [6.45, 7) is 5.71. The fraction of sp³-hybridized carbons (Fsp3) is 0.312. The van der Waals surface area contributed by atoms with Gasteiger partial charge in [0, 0.05) is 6.20 Å². The monoisotopic (exact) mass is 302 g/mol. The zero-order chi connectivity index (χ0) is 16.3. The summed E-state index contributed by atoms with van der Waals surface area (Å²) >= 11 is 0. The topological polar surface area (TPSA) is 81.4 Å². The van der Waals surface area contributed by atoms with Gasteiger partial charge in [-0.3, -0.25) is 4.68 Å². The summed E-state index contributed by atoms with van der Waals surface area (Å²) in [5, 5.41) is 12.9. The minimum Gasteiger partial charge on any atom is -0.478 e. The third-order valence-corrected chi connectivity index (χ3v) is 2.85. The quantitative estimate of drug-likeness (QED) is 0.878. The van der Waals surface area contributed by atoms with Gasteiger partial charge in [-0.05, 0) is 32.4 Å². The molecular weight excluding hydrogens is 284 g/mol. The van der Waals surface area contributed by atoms with E-state index in [2.05, 4.69) is 5.10 Å². The third-order valence-electron chi connectivity index (χ3n) is 2.85. The van der Waals surface area contributed by atoms with Crippen LogP contribution in [0.25, 0.3) is 0 Å². The highest BCUT2D eigenvalue weighted by Gasteiger charge is 2.20. The Morgan fingerprint density at radius 1 is 1.27 bits per heavy atom. The van der Waals surface area contributed by atoms with Crippen molar-refractivity contribution >= 4 is 11.9 Å². The second-order valence-corrected chi connectivity index (χ2v) is 5.89. The van der Waals surface area contributed by atoms with Gasteiger partial charge in [0.25, 0.3) is 0 Å². The molecule has 0 unspecified atom stereocenters. The molecular formula is C16H18N2O4. The molecule has 0 aliphatic heterocycles. The van der Waals surface area contributed by atoms with Crippen molar-refractivity contribution in [3.05, 3.63) is 53.3 Å². The van der Waals surface area contributed by atoms with Crippen LogP contribution in [0.5, 0.6) is 0 Å². The second kappa shape index (κ2) is 6.01. The largest absolute Gasteiger partial charge is 0.478 e. The zero-order valence-electron chi connectivity index (χ0n) is 12.7. The van der Waals surface area contributed by atoms with E-state index in [4.69, 9.17) is 9.84 Å². The molecule has 6 heteroatoms. The van der Waals surface area contributed by atoms with Crippen LogP contribution < -0.4 is 0 Å². The van der Waals surface area contributed by atoms with Crippen LogP contribution in [0.15, 0.2) is 36.7 Å². The molecule has 0 saturated carbocycles. The molecule has 0 bridgehead atoms. The molecule has 1 heterocycles. The van der Waals surface area contributed by atoms with Gasteiger partial charge in [0.15, 0.2) is 0 Å². The van der Waals surface area contributed by atoms with Crippen LogP contribution in [0.2, 0.25) is 0 Å². The number of carbonyl (C=O) groups excluding carboxylic acids is 1. The molecule has 6 nitrogen and oxygen atoms in total. The van der Waals surface area contributed by atoms with Crippen LogP contribution in [0.1, 0.15) is 47.1 Å². The molecule has 0 spiro atoms. The van der Waals surface area contributed by atoms with Gasteiger partial charge in [0.2, 0.25) is 0 Å². The van der Waals surface area contributed by atoms with Gasteiger partial charge >= 0.3 is 11.9 Å². The van der Waals surface area contributed by atoms with E-state index < -0.39 is 17.5 Å². The van der Waals surface area contributed by atoms with Gasteiger partial charge in [-0.2, -0.15) is 5.10 Å². The average Bonchev–Trinajstić information content (AvgIpc) is 2.86. The van der Waals surface area contributed by atoms with Crippen LogP contribution in [0, 0.1) is 0 Å². The van der Waals surface area contributed by atoms with E-state index in [-0.39, 0.29) is 5.56 Å². The Hall–Kier alpha value is -2.63. The molecule has 0 fully saturated rings. The molecule has 0 aliphatic rings. The van der Waals surface area contributed by atoms with Crippen LogP contribution in [-0.2, 0) is 11.3 Å². The van der Waals surface area contributed by atoms with E-state index in [1.165, 1.54) is 17.1 Å². The van der Waals surface area contributed by atoms with Gasteiger partial charge in [-0.25, -0.2) is 9.59 Å². The highest BCUT2D eigenvalue weighted by Crippen LogP contribution is 2.16. The summed E-state index contributed by atoms with van der Waals surface area (Å²) in [6.07, 6.45) is 2.70. The highest BCUT2D eigenvalue weighted by atomic mass is 16.6. The molecule has 0 radical (unpaired) electrons. The first-order chi connectivity index (χ1) is 10.3. The summed E-state index contributed by atoms with van der Waals surface area (Å²) in [4.78, 5) is 23.1. The van der Waals surface area contributed by atoms with Crippen molar-refractivity contribution in [1.82, 2.24) is 9.78 Å². The maximum atomic E-state index is 12.2. The van der Waals surface area contributed by atoms with Gasteiger partial charge in [-0.1, -0.05) is 18.2 Å². The smallest absolute Gasteiger partial charge is 0.338 e. The minimum absolute atomic E-state index is 0.106. The molecule has 1 aromatic heterocycles. The Kier molecular flexibility index (Phi) is 4.30. The second-order valence-electron chi connectivity index (χ2n) is 5.89. The lowest BCUT2D eigenvalue weighted by Crippen LogP contribution is -2.24. The molecule has 1 aromatic carbocycles. The van der Waals surface area contributed by atoms with Crippen molar-refractivity contribution in [2.45, 2.75) is 32.9 Å². The van der Waals surface area contributed by atoms with Gasteiger partial charge in [0.05, 0.1) is 23.9 Å². The fourth-order valence-electron chi connectivity index (χ4n) is 1.93. The predicted octanol–water partition coefficient (Wildman–Crippen LogP) is 2.58. The molecule has 2 rings (SSSR count). The maximum absolute atomic E-state index is 12.2. The van der Waals surface area contributed by atoms with E-state index >= 15 is 0 Å². The molecule has 22 heavy (non-hydrogen) atoms. The number of carboxylic acid groups (broad SMARTS) is 1. The van der Waals surface area contributed by atoms with Gasteiger partial charge < -0.3 is 9.84 Å². The highest BCUT2D eigenvalue weighted by molar-refractivity contribution is 5.91. The molecule has 0 aliphatic carbocycles. The number of aromatic nitrogens is 2. The average molecular weight is 302 g/mol. The van der Waals surface area contributed by atoms with Crippen LogP contribution in [0.4, 0.5) is 0 Å². The van der Waals surface area contributed by atoms with Crippen molar-refractivity contribution in [3.8, 4) is 0 Å². The number of carboxylic acids is 1. The summed E-state index contributed by atoms with van der Waals surface area (Å²) in [7, 11) is 0. The van der Waals surface area contributed by atoms with Gasteiger partial charge in [-0.15, -0.1) is 0 Å². The standard InChI is InChI=1S/C16H18N2O4/c1-16(2,3)22-15(21)13-7-5-4-6-11(13)9-18-10-12(8-17-18)14(19)20/h4-8,10H,9H2,1-3H3,(H,19,20). The number of carbonyl (C=O) groups is 2. The molecule has 116 valence electrons. The molecule has 0 saturated heterocycles. The van der Waals surface area contributed by atoms with Crippen molar-refractivity contribution in [2.24, 2.45) is 0 Å². The molecule has 0 amide bonds. The number of nitrogens with zero attached hydrogens (tertiary/aromatic N) is 2. The van der Waals surface area contributed by atoms with Crippen molar-refractivity contribution in [3.63, 3.8) is 0 Å². The Labute approximate surface area is 128 Å². The zero-order valence-corrected chi connectivity index (χ0v) is 12.7. The van der Waals surface area contributed by atoms with E-state index in [9.17, 15) is 9.59 Å². The molecule has 2 aromatic rings. The van der Waals surface area contributed by atoms with Crippen LogP contribution in [0.3, 0.4) is 0 Å². The Bertz CT molecular complexity index is 698. The lowest BCUT2D eigenvalue weighted by Gasteiger charge is -2.20. The Balaban J connectivity index is 2.24. The summed E-state index contributed by atoms with van der Waals surface area (Å²) < 4.78 is 6.86. The summed E-state index contributed by atoms with van der Waals surface area (Å²) in [5.41, 5.74) is 0.697. The maximum Gasteiger partial charge on any atom is 0.338 e. The molecule has 0 atom stereocenters. The SMILES string of the molecule is CC(C)(C)OC(=O)c1ccccc1Cn1cc(C(=O)O)cn1. The number of rotatable bonds is 4. The van der Waals surface area contributed by atoms with E-state index in [1.54, 1.807) is 39.0 Å². The van der Waals surface area contributed by atoms with E-state index in [0.29, 0.717) is 12.1 Å². The predicted molar refractivity (Wildman–Crippen MR) is 79.9 cm³/mol. The number of benzene rings is 1. The van der Waals surface area contributed by atoms with E-state index in [0.717, 1.165) is 5.56 Å². The van der Waals surface area contributed by atoms with Crippen molar-refractivity contribution < 1.29 is 19.4 Å². The number of aromatic carboxylic acids is 1. The Morgan fingerprint density at radius 2 is 1.95 bits per heavy atom. The number of esters is 1. The number of hydrogen-bond donors (Lipinski definition) is 1. The summed E-state index contributed by atoms with van der Waals surface area (Å²) in [5.74, 6) is -1.44. The summed E-state index contributed by atoms with van der Waals surface area (Å²) in [6, 6.07) is 7.05. The van der Waals surface area contributed by atoms with Gasteiger partial charge in [0.1, 0.15) is 5.60 Å². The van der Waals surface area contributed by atoms with E-state index in [1.807, 2.05) is 6.07 Å². The van der Waals surface area contributed by atoms with Crippen LogP contribution >= 0.6 is 0 Å². The normalized spacial score (nSPS) is 11.2. The fourth-order valence-corrected chi connectivity index (χ4v) is 1.93. The molecule has 1 N–H and O–H groups in total. The minimum atomic E-state index is -1.04. The first-order valence-electron chi connectivity index (χ1n) is 6.83. The number of hydrogen-bond acceptors (Lipinski definition) is 4. The lowest BCUT2D eigenvalue weighted by molar-refractivity contribution is 0.00680. The Morgan fingerprint density at radius 3 is 2.55 bits per heavy atom.